The first kappa shape index (κ1) is 13.0. The van der Waals surface area contributed by atoms with E-state index in [9.17, 15) is 14.9 Å². The van der Waals surface area contributed by atoms with Gasteiger partial charge in [-0.1, -0.05) is 24.2 Å². The summed E-state index contributed by atoms with van der Waals surface area (Å²) < 4.78 is 0. The van der Waals surface area contributed by atoms with Crippen LogP contribution in [0.25, 0.3) is 0 Å². The standard InChI is InChI=1S/C11H15N3O3S/c12-8-3-1-2-4-9(8)13-11(15)7-5-10(14(16)17)18-6-7/h5-6,8-9H,1-4,12H2,(H,13,15)/t8-,9-/m1/s1. The van der Waals surface area contributed by atoms with Crippen LogP contribution in [0.15, 0.2) is 11.4 Å². The molecule has 2 atom stereocenters. The van der Waals surface area contributed by atoms with Gasteiger partial charge in [0.1, 0.15) is 0 Å². The van der Waals surface area contributed by atoms with Crippen LogP contribution in [0.5, 0.6) is 0 Å². The summed E-state index contributed by atoms with van der Waals surface area (Å²) in [6.45, 7) is 0. The zero-order valence-corrected chi connectivity index (χ0v) is 10.6. The average Bonchev–Trinajstić information content (AvgIpc) is 2.81. The van der Waals surface area contributed by atoms with Crippen molar-refractivity contribution in [1.82, 2.24) is 5.32 Å². The zero-order valence-electron chi connectivity index (χ0n) is 9.80. The maximum atomic E-state index is 11.9. The second-order valence-electron chi connectivity index (χ2n) is 4.46. The molecule has 1 fully saturated rings. The third-order valence-electron chi connectivity index (χ3n) is 3.16. The number of amides is 1. The number of rotatable bonds is 3. The largest absolute Gasteiger partial charge is 0.348 e. The van der Waals surface area contributed by atoms with Gasteiger partial charge in [-0.25, -0.2) is 0 Å². The summed E-state index contributed by atoms with van der Waals surface area (Å²) in [5.41, 5.74) is 6.28. The van der Waals surface area contributed by atoms with E-state index in [1.54, 1.807) is 0 Å². The monoisotopic (exact) mass is 269 g/mol. The molecule has 1 aromatic rings. The summed E-state index contributed by atoms with van der Waals surface area (Å²) in [5, 5.41) is 14.9. The predicted molar refractivity (Wildman–Crippen MR) is 68.7 cm³/mol. The fourth-order valence-corrected chi connectivity index (χ4v) is 2.83. The molecule has 0 aliphatic heterocycles. The van der Waals surface area contributed by atoms with Crippen molar-refractivity contribution in [3.8, 4) is 0 Å². The minimum absolute atomic E-state index is 0.0173. The molecule has 98 valence electrons. The third kappa shape index (κ3) is 2.85. The molecule has 1 saturated carbocycles. The minimum atomic E-state index is -0.492. The molecule has 0 unspecified atom stereocenters. The first-order valence-electron chi connectivity index (χ1n) is 5.87. The van der Waals surface area contributed by atoms with Gasteiger partial charge in [-0.05, 0) is 12.8 Å². The number of hydrogen-bond acceptors (Lipinski definition) is 5. The Balaban J connectivity index is 2.00. The Bertz CT molecular complexity index is 460. The first-order valence-corrected chi connectivity index (χ1v) is 6.75. The number of nitro groups is 1. The maximum Gasteiger partial charge on any atom is 0.324 e. The summed E-state index contributed by atoms with van der Waals surface area (Å²) in [7, 11) is 0. The Kier molecular flexibility index (Phi) is 3.93. The van der Waals surface area contributed by atoms with E-state index in [-0.39, 0.29) is 23.0 Å². The molecule has 2 rings (SSSR count). The van der Waals surface area contributed by atoms with Gasteiger partial charge in [0.25, 0.3) is 5.91 Å². The van der Waals surface area contributed by atoms with Crippen molar-refractivity contribution in [3.63, 3.8) is 0 Å². The van der Waals surface area contributed by atoms with Crippen LogP contribution in [0.3, 0.4) is 0 Å². The summed E-state index contributed by atoms with van der Waals surface area (Å²) in [4.78, 5) is 22.0. The Morgan fingerprint density at radius 2 is 2.22 bits per heavy atom. The number of thiophene rings is 1. The highest BCUT2D eigenvalue weighted by molar-refractivity contribution is 7.13. The lowest BCUT2D eigenvalue weighted by Crippen LogP contribution is -2.49. The highest BCUT2D eigenvalue weighted by Gasteiger charge is 2.24. The van der Waals surface area contributed by atoms with Crippen LogP contribution in [-0.2, 0) is 0 Å². The van der Waals surface area contributed by atoms with Crippen molar-refractivity contribution < 1.29 is 9.72 Å². The van der Waals surface area contributed by atoms with E-state index in [1.165, 1.54) is 11.4 Å². The van der Waals surface area contributed by atoms with Gasteiger partial charge >= 0.3 is 5.00 Å². The number of nitrogens with zero attached hydrogens (tertiary/aromatic N) is 1. The van der Waals surface area contributed by atoms with E-state index < -0.39 is 4.92 Å². The molecule has 0 aromatic carbocycles. The predicted octanol–water partition coefficient (Wildman–Crippen LogP) is 1.66. The highest BCUT2D eigenvalue weighted by Crippen LogP contribution is 2.23. The molecule has 18 heavy (non-hydrogen) atoms. The Labute approximate surface area is 108 Å². The van der Waals surface area contributed by atoms with Crippen LogP contribution in [0.4, 0.5) is 5.00 Å². The van der Waals surface area contributed by atoms with Crippen LogP contribution in [0.2, 0.25) is 0 Å². The molecule has 0 radical (unpaired) electrons. The van der Waals surface area contributed by atoms with E-state index in [2.05, 4.69) is 5.32 Å². The fraction of sp³-hybridized carbons (Fsp3) is 0.545. The molecule has 1 heterocycles. The van der Waals surface area contributed by atoms with Gasteiger partial charge in [0.15, 0.2) is 0 Å². The van der Waals surface area contributed by atoms with Crippen molar-refractivity contribution in [2.75, 3.05) is 0 Å². The molecule has 3 N–H and O–H groups in total. The van der Waals surface area contributed by atoms with Gasteiger partial charge in [-0.15, -0.1) is 0 Å². The van der Waals surface area contributed by atoms with Crippen molar-refractivity contribution >= 4 is 22.2 Å². The number of carbonyl (C=O) groups excluding carboxylic acids is 1. The van der Waals surface area contributed by atoms with Gasteiger partial charge in [-0.3, -0.25) is 14.9 Å². The molecule has 1 amide bonds. The third-order valence-corrected chi connectivity index (χ3v) is 4.04. The van der Waals surface area contributed by atoms with Crippen LogP contribution in [-0.4, -0.2) is 22.9 Å². The average molecular weight is 269 g/mol. The zero-order chi connectivity index (χ0) is 13.1. The van der Waals surface area contributed by atoms with Crippen LogP contribution in [0, 0.1) is 10.1 Å². The van der Waals surface area contributed by atoms with Crippen LogP contribution < -0.4 is 11.1 Å². The number of nitrogens with two attached hydrogens (primary N) is 1. The van der Waals surface area contributed by atoms with E-state index >= 15 is 0 Å². The van der Waals surface area contributed by atoms with Gasteiger partial charge in [-0.2, -0.15) is 0 Å². The van der Waals surface area contributed by atoms with Crippen molar-refractivity contribution in [1.29, 1.82) is 0 Å². The number of carbonyl (C=O) groups is 1. The van der Waals surface area contributed by atoms with E-state index in [0.717, 1.165) is 37.0 Å². The Hall–Kier alpha value is -1.47. The Morgan fingerprint density at radius 3 is 2.83 bits per heavy atom. The number of nitrogens with one attached hydrogen (secondary N) is 1. The Morgan fingerprint density at radius 1 is 1.50 bits per heavy atom. The normalized spacial score (nSPS) is 23.6. The smallest absolute Gasteiger partial charge is 0.324 e. The van der Waals surface area contributed by atoms with Crippen molar-refractivity contribution in [2.24, 2.45) is 5.73 Å². The minimum Gasteiger partial charge on any atom is -0.348 e. The number of hydrogen-bond donors (Lipinski definition) is 2. The SMILES string of the molecule is N[C@@H]1CCCC[C@H]1NC(=O)c1csc([N+](=O)[O-])c1. The highest BCUT2D eigenvalue weighted by atomic mass is 32.1. The lowest BCUT2D eigenvalue weighted by atomic mass is 9.91. The molecule has 0 bridgehead atoms. The first-order chi connectivity index (χ1) is 8.58. The summed E-state index contributed by atoms with van der Waals surface area (Å²) in [6, 6.07) is 1.26. The van der Waals surface area contributed by atoms with Gasteiger partial charge in [0.2, 0.25) is 0 Å². The summed E-state index contributed by atoms with van der Waals surface area (Å²) in [6.07, 6.45) is 3.94. The molecular weight excluding hydrogens is 254 g/mol. The van der Waals surface area contributed by atoms with Gasteiger partial charge in [0, 0.05) is 23.5 Å². The molecule has 1 aliphatic rings. The molecule has 0 spiro atoms. The van der Waals surface area contributed by atoms with Crippen molar-refractivity contribution in [3.05, 3.63) is 27.1 Å². The topological polar surface area (TPSA) is 98.3 Å². The molecule has 0 saturated heterocycles. The molecule has 1 aliphatic carbocycles. The molecule has 6 nitrogen and oxygen atoms in total. The second-order valence-corrected chi connectivity index (χ2v) is 5.35. The second kappa shape index (κ2) is 5.45. The van der Waals surface area contributed by atoms with E-state index in [0.29, 0.717) is 5.56 Å². The molecule has 1 aromatic heterocycles. The quantitative estimate of drug-likeness (QED) is 0.644. The van der Waals surface area contributed by atoms with E-state index in [4.69, 9.17) is 5.73 Å². The fourth-order valence-electron chi connectivity index (χ4n) is 2.13. The lowest BCUT2D eigenvalue weighted by molar-refractivity contribution is -0.380. The lowest BCUT2D eigenvalue weighted by Gasteiger charge is -2.29. The van der Waals surface area contributed by atoms with Crippen LogP contribution in [0.1, 0.15) is 36.0 Å². The van der Waals surface area contributed by atoms with Gasteiger partial charge in [0.05, 0.1) is 10.5 Å². The van der Waals surface area contributed by atoms with Crippen LogP contribution >= 0.6 is 11.3 Å². The maximum absolute atomic E-state index is 11.9. The summed E-state index contributed by atoms with van der Waals surface area (Å²) >= 11 is 0.958. The van der Waals surface area contributed by atoms with E-state index in [1.807, 2.05) is 0 Å². The molecular formula is C11H15N3O3S. The summed E-state index contributed by atoms with van der Waals surface area (Å²) in [5.74, 6) is -0.276. The van der Waals surface area contributed by atoms with Gasteiger partial charge < -0.3 is 11.1 Å². The molecule has 7 heteroatoms. The van der Waals surface area contributed by atoms with Crippen molar-refractivity contribution in [2.45, 2.75) is 37.8 Å².